The SMILES string of the molecule is CCOC(=O)[C@H](N)CCl. The minimum absolute atomic E-state index is 0.110. The van der Waals surface area contributed by atoms with Gasteiger partial charge in [-0.05, 0) is 6.92 Å². The normalized spacial score (nSPS) is 12.8. The van der Waals surface area contributed by atoms with Crippen LogP contribution in [0.5, 0.6) is 0 Å². The molecule has 54 valence electrons. The van der Waals surface area contributed by atoms with Crippen LogP contribution >= 0.6 is 11.6 Å². The molecule has 0 aliphatic heterocycles. The highest BCUT2D eigenvalue weighted by molar-refractivity contribution is 6.19. The molecule has 3 nitrogen and oxygen atoms in total. The van der Waals surface area contributed by atoms with E-state index in [1.807, 2.05) is 0 Å². The second-order valence-electron chi connectivity index (χ2n) is 1.51. The summed E-state index contributed by atoms with van der Waals surface area (Å²) in [5, 5.41) is 0. The first-order chi connectivity index (χ1) is 4.22. The van der Waals surface area contributed by atoms with Crippen molar-refractivity contribution in [2.45, 2.75) is 13.0 Å². The highest BCUT2D eigenvalue weighted by atomic mass is 35.5. The maximum Gasteiger partial charge on any atom is 0.324 e. The number of carbonyl (C=O) groups excluding carboxylic acids is 1. The summed E-state index contributed by atoms with van der Waals surface area (Å²) >= 11 is 5.26. The Morgan fingerprint density at radius 3 is 2.78 bits per heavy atom. The molecule has 0 aromatic rings. The highest BCUT2D eigenvalue weighted by Crippen LogP contribution is 1.87. The Bertz CT molecular complexity index is 97.0. The van der Waals surface area contributed by atoms with E-state index in [-0.39, 0.29) is 5.88 Å². The standard InChI is InChI=1S/C5H10ClNO2/c1-2-9-5(8)4(7)3-6/h4H,2-3,7H2,1H3/t4-/m1/s1. The Morgan fingerprint density at radius 1 is 1.89 bits per heavy atom. The molecule has 0 spiro atoms. The predicted octanol–water partition coefficient (Wildman–Crippen LogP) is 0.116. The van der Waals surface area contributed by atoms with Gasteiger partial charge in [0.1, 0.15) is 6.04 Å². The third-order valence-electron chi connectivity index (χ3n) is 0.756. The summed E-state index contributed by atoms with van der Waals surface area (Å²) in [5.74, 6) is -0.328. The minimum atomic E-state index is -0.674. The molecule has 0 heterocycles. The van der Waals surface area contributed by atoms with E-state index in [1.165, 1.54) is 0 Å². The van der Waals surface area contributed by atoms with Gasteiger partial charge in [-0.1, -0.05) is 0 Å². The van der Waals surface area contributed by atoms with E-state index in [4.69, 9.17) is 17.3 Å². The van der Waals surface area contributed by atoms with E-state index in [9.17, 15) is 4.79 Å². The van der Waals surface area contributed by atoms with Crippen molar-refractivity contribution in [2.24, 2.45) is 5.73 Å². The second kappa shape index (κ2) is 4.58. The summed E-state index contributed by atoms with van der Waals surface area (Å²) in [5.41, 5.74) is 5.20. The van der Waals surface area contributed by atoms with Crippen LogP contribution in [0.3, 0.4) is 0 Å². The van der Waals surface area contributed by atoms with Gasteiger partial charge < -0.3 is 10.5 Å². The van der Waals surface area contributed by atoms with Crippen LogP contribution in [0.2, 0.25) is 0 Å². The summed E-state index contributed by atoms with van der Waals surface area (Å²) in [6, 6.07) is -0.674. The summed E-state index contributed by atoms with van der Waals surface area (Å²) in [6.45, 7) is 2.07. The molecule has 0 rings (SSSR count). The Kier molecular flexibility index (Phi) is 4.44. The lowest BCUT2D eigenvalue weighted by atomic mass is 10.4. The van der Waals surface area contributed by atoms with Gasteiger partial charge in [0.05, 0.1) is 6.61 Å². The summed E-state index contributed by atoms with van der Waals surface area (Å²) < 4.78 is 4.55. The maximum absolute atomic E-state index is 10.5. The van der Waals surface area contributed by atoms with Gasteiger partial charge in [-0.2, -0.15) is 0 Å². The van der Waals surface area contributed by atoms with Crippen molar-refractivity contribution < 1.29 is 9.53 Å². The topological polar surface area (TPSA) is 52.3 Å². The Labute approximate surface area is 59.1 Å². The number of hydrogen-bond donors (Lipinski definition) is 1. The van der Waals surface area contributed by atoms with Gasteiger partial charge in [0.2, 0.25) is 0 Å². The van der Waals surface area contributed by atoms with E-state index in [0.717, 1.165) is 0 Å². The second-order valence-corrected chi connectivity index (χ2v) is 1.82. The molecule has 0 bridgehead atoms. The van der Waals surface area contributed by atoms with Crippen LogP contribution in [-0.2, 0) is 9.53 Å². The van der Waals surface area contributed by atoms with E-state index in [0.29, 0.717) is 6.61 Å². The van der Waals surface area contributed by atoms with E-state index >= 15 is 0 Å². The molecule has 0 amide bonds. The summed E-state index contributed by atoms with van der Waals surface area (Å²) in [6.07, 6.45) is 0. The number of halogens is 1. The zero-order valence-electron chi connectivity index (χ0n) is 5.26. The monoisotopic (exact) mass is 151 g/mol. The molecule has 0 saturated carbocycles. The van der Waals surface area contributed by atoms with E-state index in [1.54, 1.807) is 6.92 Å². The number of hydrogen-bond acceptors (Lipinski definition) is 3. The predicted molar refractivity (Wildman–Crippen MR) is 35.3 cm³/mol. The fourth-order valence-corrected chi connectivity index (χ4v) is 0.438. The number of esters is 1. The fourth-order valence-electron chi connectivity index (χ4n) is 0.312. The van der Waals surface area contributed by atoms with Gasteiger partial charge >= 0.3 is 5.97 Å². The molecule has 4 heteroatoms. The van der Waals surface area contributed by atoms with Crippen molar-refractivity contribution in [3.05, 3.63) is 0 Å². The van der Waals surface area contributed by atoms with Crippen molar-refractivity contribution in [1.82, 2.24) is 0 Å². The quantitative estimate of drug-likeness (QED) is 0.460. The smallest absolute Gasteiger partial charge is 0.324 e. The average molecular weight is 152 g/mol. The zero-order chi connectivity index (χ0) is 7.28. The molecule has 0 aromatic carbocycles. The Hall–Kier alpha value is -0.280. The van der Waals surface area contributed by atoms with Crippen molar-refractivity contribution >= 4 is 17.6 Å². The van der Waals surface area contributed by atoms with Crippen molar-refractivity contribution in [2.75, 3.05) is 12.5 Å². The third-order valence-corrected chi connectivity index (χ3v) is 1.09. The summed E-state index contributed by atoms with van der Waals surface area (Å²) in [7, 11) is 0. The maximum atomic E-state index is 10.5. The van der Waals surface area contributed by atoms with Crippen LogP contribution in [0.4, 0.5) is 0 Å². The summed E-state index contributed by atoms with van der Waals surface area (Å²) in [4.78, 5) is 10.5. The van der Waals surface area contributed by atoms with Crippen LogP contribution in [0, 0.1) is 0 Å². The first-order valence-corrected chi connectivity index (χ1v) is 3.24. The van der Waals surface area contributed by atoms with E-state index in [2.05, 4.69) is 4.74 Å². The first-order valence-electron chi connectivity index (χ1n) is 2.70. The van der Waals surface area contributed by atoms with Gasteiger partial charge in [-0.25, -0.2) is 0 Å². The van der Waals surface area contributed by atoms with Crippen molar-refractivity contribution in [3.63, 3.8) is 0 Å². The van der Waals surface area contributed by atoms with E-state index < -0.39 is 12.0 Å². The number of ether oxygens (including phenoxy) is 1. The van der Waals surface area contributed by atoms with Crippen molar-refractivity contribution in [1.29, 1.82) is 0 Å². The van der Waals surface area contributed by atoms with Gasteiger partial charge in [-0.3, -0.25) is 4.79 Å². The Morgan fingerprint density at radius 2 is 2.44 bits per heavy atom. The van der Waals surface area contributed by atoms with Crippen LogP contribution in [0.25, 0.3) is 0 Å². The Balaban J connectivity index is 3.46. The molecule has 9 heavy (non-hydrogen) atoms. The molecule has 0 radical (unpaired) electrons. The number of nitrogens with two attached hydrogens (primary N) is 1. The zero-order valence-corrected chi connectivity index (χ0v) is 6.02. The number of rotatable bonds is 3. The van der Waals surface area contributed by atoms with Gasteiger partial charge in [0.25, 0.3) is 0 Å². The fraction of sp³-hybridized carbons (Fsp3) is 0.800. The molecule has 0 aliphatic rings. The van der Waals surface area contributed by atoms with Crippen LogP contribution in [-0.4, -0.2) is 24.5 Å². The largest absolute Gasteiger partial charge is 0.465 e. The molecular formula is C5H10ClNO2. The lowest BCUT2D eigenvalue weighted by Crippen LogP contribution is -2.33. The average Bonchev–Trinajstić information content (AvgIpc) is 1.87. The van der Waals surface area contributed by atoms with Crippen LogP contribution in [0.15, 0.2) is 0 Å². The van der Waals surface area contributed by atoms with Gasteiger partial charge in [0, 0.05) is 5.88 Å². The minimum Gasteiger partial charge on any atom is -0.465 e. The molecule has 2 N–H and O–H groups in total. The van der Waals surface area contributed by atoms with Gasteiger partial charge in [-0.15, -0.1) is 11.6 Å². The molecule has 0 saturated heterocycles. The highest BCUT2D eigenvalue weighted by Gasteiger charge is 2.11. The molecule has 0 aromatic heterocycles. The molecule has 0 fully saturated rings. The first kappa shape index (κ1) is 8.72. The van der Waals surface area contributed by atoms with Crippen LogP contribution in [0.1, 0.15) is 6.92 Å². The molecule has 0 aliphatic carbocycles. The molecule has 1 atom stereocenters. The third kappa shape index (κ3) is 3.32. The lowest BCUT2D eigenvalue weighted by molar-refractivity contribution is -0.144. The number of alkyl halides is 1. The molecule has 0 unspecified atom stereocenters. The van der Waals surface area contributed by atoms with Crippen molar-refractivity contribution in [3.8, 4) is 0 Å². The lowest BCUT2D eigenvalue weighted by Gasteiger charge is -2.04. The van der Waals surface area contributed by atoms with Crippen LogP contribution < -0.4 is 5.73 Å². The molecular weight excluding hydrogens is 142 g/mol. The van der Waals surface area contributed by atoms with Gasteiger partial charge in [0.15, 0.2) is 0 Å². The number of carbonyl (C=O) groups is 1.